The summed E-state index contributed by atoms with van der Waals surface area (Å²) < 4.78 is 5.58. The van der Waals surface area contributed by atoms with E-state index in [1.165, 1.54) is 5.56 Å². The molecule has 1 rings (SSSR count). The first kappa shape index (κ1) is 13.0. The molecule has 3 N–H and O–H groups in total. The van der Waals surface area contributed by atoms with E-state index >= 15 is 0 Å². The Labute approximate surface area is 98.0 Å². The van der Waals surface area contributed by atoms with Crippen LogP contribution in [0.3, 0.4) is 0 Å². The van der Waals surface area contributed by atoms with Gasteiger partial charge in [0.1, 0.15) is 5.75 Å². The molecule has 0 aromatic heterocycles. The first-order valence-electron chi connectivity index (χ1n) is 5.91. The Bertz CT molecular complexity index is 302. The number of benzene rings is 1. The highest BCUT2D eigenvalue weighted by atomic mass is 16.5. The lowest BCUT2D eigenvalue weighted by Crippen LogP contribution is -2.32. The molecule has 0 amide bonds. The average molecular weight is 222 g/mol. The zero-order valence-corrected chi connectivity index (χ0v) is 10.2. The molecule has 3 heteroatoms. The Morgan fingerprint density at radius 1 is 1.44 bits per heavy atom. The van der Waals surface area contributed by atoms with E-state index in [1.54, 1.807) is 0 Å². The van der Waals surface area contributed by atoms with E-state index in [1.807, 2.05) is 12.1 Å². The lowest BCUT2D eigenvalue weighted by Gasteiger charge is -2.12. The van der Waals surface area contributed by atoms with Crippen LogP contribution in [0.4, 0.5) is 0 Å². The molecule has 0 aliphatic carbocycles. The van der Waals surface area contributed by atoms with Crippen molar-refractivity contribution in [2.75, 3.05) is 13.2 Å². The van der Waals surface area contributed by atoms with Crippen LogP contribution in [-0.2, 0) is 6.54 Å². The van der Waals surface area contributed by atoms with Gasteiger partial charge in [-0.15, -0.1) is 0 Å². The van der Waals surface area contributed by atoms with Crippen molar-refractivity contribution in [2.24, 2.45) is 5.73 Å². The molecule has 0 heterocycles. The molecule has 0 saturated heterocycles. The molecular weight excluding hydrogens is 200 g/mol. The molecule has 1 aromatic rings. The van der Waals surface area contributed by atoms with Crippen LogP contribution in [0.5, 0.6) is 5.75 Å². The number of rotatable bonds is 7. The topological polar surface area (TPSA) is 47.3 Å². The number of ether oxygens (including phenoxy) is 1. The van der Waals surface area contributed by atoms with Crippen LogP contribution in [0, 0.1) is 0 Å². The van der Waals surface area contributed by atoms with Crippen molar-refractivity contribution in [1.82, 2.24) is 5.32 Å². The maximum absolute atomic E-state index is 5.58. The molecule has 16 heavy (non-hydrogen) atoms. The third-order valence-corrected chi connectivity index (χ3v) is 2.38. The standard InChI is InChI=1S/C13H22N2O/c1-3-7-16-13-6-4-5-12(8-13)10-15-11(2)9-14/h4-6,8,11,15H,3,7,9-10,14H2,1-2H3. The summed E-state index contributed by atoms with van der Waals surface area (Å²) in [5.74, 6) is 0.946. The third kappa shape index (κ3) is 4.64. The van der Waals surface area contributed by atoms with Crippen LogP contribution >= 0.6 is 0 Å². The Morgan fingerprint density at radius 3 is 2.94 bits per heavy atom. The first-order chi connectivity index (χ1) is 7.76. The molecule has 0 bridgehead atoms. The molecule has 90 valence electrons. The summed E-state index contributed by atoms with van der Waals surface area (Å²) in [6.07, 6.45) is 1.03. The summed E-state index contributed by atoms with van der Waals surface area (Å²) >= 11 is 0. The minimum absolute atomic E-state index is 0.347. The summed E-state index contributed by atoms with van der Waals surface area (Å²) in [4.78, 5) is 0. The van der Waals surface area contributed by atoms with Crippen molar-refractivity contribution in [2.45, 2.75) is 32.9 Å². The van der Waals surface area contributed by atoms with Crippen molar-refractivity contribution >= 4 is 0 Å². The quantitative estimate of drug-likeness (QED) is 0.741. The van der Waals surface area contributed by atoms with Crippen LogP contribution in [0.25, 0.3) is 0 Å². The highest BCUT2D eigenvalue weighted by Gasteiger charge is 2.00. The molecular formula is C13H22N2O. The number of hydrogen-bond donors (Lipinski definition) is 2. The van der Waals surface area contributed by atoms with Crippen LogP contribution < -0.4 is 15.8 Å². The van der Waals surface area contributed by atoms with Crippen LogP contribution in [0.15, 0.2) is 24.3 Å². The van der Waals surface area contributed by atoms with Crippen LogP contribution in [0.2, 0.25) is 0 Å². The lowest BCUT2D eigenvalue weighted by atomic mass is 10.2. The molecule has 1 aromatic carbocycles. The summed E-state index contributed by atoms with van der Waals surface area (Å²) in [6.45, 7) is 6.45. The van der Waals surface area contributed by atoms with Crippen molar-refractivity contribution < 1.29 is 4.74 Å². The van der Waals surface area contributed by atoms with E-state index in [0.717, 1.165) is 25.3 Å². The van der Waals surface area contributed by atoms with E-state index in [9.17, 15) is 0 Å². The normalized spacial score (nSPS) is 12.4. The monoisotopic (exact) mass is 222 g/mol. The molecule has 0 aliphatic rings. The third-order valence-electron chi connectivity index (χ3n) is 2.38. The van der Waals surface area contributed by atoms with E-state index in [4.69, 9.17) is 10.5 Å². The fourth-order valence-electron chi connectivity index (χ4n) is 1.34. The Balaban J connectivity index is 2.46. The Morgan fingerprint density at radius 2 is 2.25 bits per heavy atom. The number of nitrogens with one attached hydrogen (secondary N) is 1. The van der Waals surface area contributed by atoms with Gasteiger partial charge in [0, 0.05) is 19.1 Å². The van der Waals surface area contributed by atoms with Crippen molar-refractivity contribution in [3.63, 3.8) is 0 Å². The van der Waals surface area contributed by atoms with Crippen molar-refractivity contribution in [3.8, 4) is 5.75 Å². The predicted octanol–water partition coefficient (Wildman–Crippen LogP) is 1.91. The van der Waals surface area contributed by atoms with Gasteiger partial charge in [0.25, 0.3) is 0 Å². The maximum Gasteiger partial charge on any atom is 0.119 e. The molecule has 1 unspecified atom stereocenters. The second-order valence-electron chi connectivity index (χ2n) is 4.01. The van der Waals surface area contributed by atoms with Gasteiger partial charge in [-0.3, -0.25) is 0 Å². The van der Waals surface area contributed by atoms with Gasteiger partial charge in [0.15, 0.2) is 0 Å². The van der Waals surface area contributed by atoms with Crippen molar-refractivity contribution in [3.05, 3.63) is 29.8 Å². The minimum Gasteiger partial charge on any atom is -0.494 e. The summed E-state index contributed by atoms with van der Waals surface area (Å²) in [7, 11) is 0. The van der Waals surface area contributed by atoms with E-state index < -0.39 is 0 Å². The molecule has 1 atom stereocenters. The van der Waals surface area contributed by atoms with E-state index in [-0.39, 0.29) is 0 Å². The Hall–Kier alpha value is -1.06. The highest BCUT2D eigenvalue weighted by Crippen LogP contribution is 2.13. The first-order valence-corrected chi connectivity index (χ1v) is 5.91. The fraction of sp³-hybridized carbons (Fsp3) is 0.538. The fourth-order valence-corrected chi connectivity index (χ4v) is 1.34. The van der Waals surface area contributed by atoms with Gasteiger partial charge >= 0.3 is 0 Å². The smallest absolute Gasteiger partial charge is 0.119 e. The van der Waals surface area contributed by atoms with Crippen LogP contribution in [-0.4, -0.2) is 19.2 Å². The number of nitrogens with two attached hydrogens (primary N) is 1. The minimum atomic E-state index is 0.347. The van der Waals surface area contributed by atoms with Gasteiger partial charge < -0.3 is 15.8 Å². The van der Waals surface area contributed by atoms with Gasteiger partial charge in [-0.25, -0.2) is 0 Å². The van der Waals surface area contributed by atoms with Gasteiger partial charge in [0.2, 0.25) is 0 Å². The Kier molecular flexibility index (Phi) is 5.90. The molecule has 0 saturated carbocycles. The van der Waals surface area contributed by atoms with E-state index in [2.05, 4.69) is 31.3 Å². The molecule has 0 fully saturated rings. The predicted molar refractivity (Wildman–Crippen MR) is 67.6 cm³/mol. The van der Waals surface area contributed by atoms with Gasteiger partial charge in [0.05, 0.1) is 6.61 Å². The molecule has 0 radical (unpaired) electrons. The second kappa shape index (κ2) is 7.25. The summed E-state index contributed by atoms with van der Waals surface area (Å²) in [6, 6.07) is 8.53. The highest BCUT2D eigenvalue weighted by molar-refractivity contribution is 5.28. The lowest BCUT2D eigenvalue weighted by molar-refractivity contribution is 0.317. The molecule has 3 nitrogen and oxygen atoms in total. The van der Waals surface area contributed by atoms with Gasteiger partial charge in [-0.05, 0) is 31.0 Å². The SMILES string of the molecule is CCCOc1cccc(CNC(C)CN)c1. The van der Waals surface area contributed by atoms with Crippen LogP contribution in [0.1, 0.15) is 25.8 Å². The summed E-state index contributed by atoms with van der Waals surface area (Å²) in [5.41, 5.74) is 6.78. The zero-order valence-electron chi connectivity index (χ0n) is 10.2. The largest absolute Gasteiger partial charge is 0.494 e. The number of hydrogen-bond acceptors (Lipinski definition) is 3. The molecule has 0 aliphatic heterocycles. The second-order valence-corrected chi connectivity index (χ2v) is 4.01. The van der Waals surface area contributed by atoms with Gasteiger partial charge in [-0.1, -0.05) is 19.1 Å². The summed E-state index contributed by atoms with van der Waals surface area (Å²) in [5, 5.41) is 3.35. The van der Waals surface area contributed by atoms with Gasteiger partial charge in [-0.2, -0.15) is 0 Å². The average Bonchev–Trinajstić information content (AvgIpc) is 2.34. The maximum atomic E-state index is 5.58. The molecule has 0 spiro atoms. The zero-order chi connectivity index (χ0) is 11.8. The van der Waals surface area contributed by atoms with Crippen molar-refractivity contribution in [1.29, 1.82) is 0 Å². The van der Waals surface area contributed by atoms with E-state index in [0.29, 0.717) is 12.6 Å².